The Morgan fingerprint density at radius 1 is 1.41 bits per heavy atom. The van der Waals surface area contributed by atoms with Gasteiger partial charge >= 0.3 is 5.97 Å². The molecule has 0 spiro atoms. The summed E-state index contributed by atoms with van der Waals surface area (Å²) in [4.78, 5) is 18.8. The zero-order valence-corrected chi connectivity index (χ0v) is 10.9. The Balaban J connectivity index is 2.81. The lowest BCUT2D eigenvalue weighted by atomic mass is 10.3. The largest absolute Gasteiger partial charge is 0.478 e. The highest BCUT2D eigenvalue weighted by Gasteiger charge is 2.11. The summed E-state index contributed by atoms with van der Waals surface area (Å²) in [6, 6.07) is 1.42. The van der Waals surface area contributed by atoms with Crippen molar-refractivity contribution in [3.8, 4) is 0 Å². The third-order valence-corrected chi connectivity index (χ3v) is 2.59. The van der Waals surface area contributed by atoms with Gasteiger partial charge in [0, 0.05) is 26.3 Å². The zero-order valence-electron chi connectivity index (χ0n) is 10.1. The van der Waals surface area contributed by atoms with E-state index in [1.807, 2.05) is 26.0 Å². The fourth-order valence-electron chi connectivity index (χ4n) is 1.28. The van der Waals surface area contributed by atoms with Crippen molar-refractivity contribution < 1.29 is 9.90 Å². The maximum Gasteiger partial charge on any atom is 0.337 e. The molecule has 0 aliphatic rings. The second-order valence-electron chi connectivity index (χ2n) is 4.06. The van der Waals surface area contributed by atoms with Gasteiger partial charge in [0.15, 0.2) is 0 Å². The Morgan fingerprint density at radius 3 is 2.53 bits per heavy atom. The van der Waals surface area contributed by atoms with Gasteiger partial charge in [0.1, 0.15) is 5.82 Å². The van der Waals surface area contributed by atoms with E-state index in [1.54, 1.807) is 0 Å². The van der Waals surface area contributed by atoms with Crippen LogP contribution in [0.15, 0.2) is 12.3 Å². The van der Waals surface area contributed by atoms with Crippen LogP contribution in [0.25, 0.3) is 0 Å². The molecular formula is C11H16ClN3O2. The predicted octanol–water partition coefficient (Wildman–Crippen LogP) is 1.43. The number of pyridine rings is 1. The first-order chi connectivity index (χ1) is 7.91. The lowest BCUT2D eigenvalue weighted by Gasteiger charge is -2.21. The fourth-order valence-corrected chi connectivity index (χ4v) is 1.60. The summed E-state index contributed by atoms with van der Waals surface area (Å²) in [5.41, 5.74) is 0.0970. The normalized spacial score (nSPS) is 10.6. The number of aromatic nitrogens is 1. The van der Waals surface area contributed by atoms with Crippen molar-refractivity contribution in [1.29, 1.82) is 0 Å². The first-order valence-corrected chi connectivity index (χ1v) is 5.54. The molecule has 17 heavy (non-hydrogen) atoms. The summed E-state index contributed by atoms with van der Waals surface area (Å²) in [5, 5.41) is 9.15. The molecular weight excluding hydrogens is 242 g/mol. The van der Waals surface area contributed by atoms with E-state index in [0.717, 1.165) is 13.1 Å². The SMILES string of the molecule is CN(C)CCN(C)c1ncc(C(=O)O)cc1Cl. The van der Waals surface area contributed by atoms with Crippen molar-refractivity contribution in [3.05, 3.63) is 22.8 Å². The van der Waals surface area contributed by atoms with Crippen LogP contribution in [0.5, 0.6) is 0 Å². The first kappa shape index (κ1) is 13.7. The molecule has 0 aliphatic carbocycles. The van der Waals surface area contributed by atoms with Gasteiger partial charge in [-0.05, 0) is 20.2 Å². The van der Waals surface area contributed by atoms with Gasteiger partial charge in [-0.15, -0.1) is 0 Å². The van der Waals surface area contributed by atoms with Crippen LogP contribution in [-0.2, 0) is 0 Å². The second-order valence-corrected chi connectivity index (χ2v) is 4.47. The quantitative estimate of drug-likeness (QED) is 0.865. The van der Waals surface area contributed by atoms with Crippen LogP contribution in [0.3, 0.4) is 0 Å². The molecule has 0 radical (unpaired) electrons. The van der Waals surface area contributed by atoms with Crippen LogP contribution < -0.4 is 4.90 Å². The van der Waals surface area contributed by atoms with Gasteiger partial charge in [-0.1, -0.05) is 11.6 Å². The molecule has 0 saturated heterocycles. The fraction of sp³-hybridized carbons (Fsp3) is 0.455. The van der Waals surface area contributed by atoms with Crippen LogP contribution in [-0.4, -0.2) is 55.2 Å². The summed E-state index contributed by atoms with van der Waals surface area (Å²) in [6.45, 7) is 1.64. The van der Waals surface area contributed by atoms with E-state index < -0.39 is 5.97 Å². The van der Waals surface area contributed by atoms with E-state index >= 15 is 0 Å². The number of carboxylic acids is 1. The topological polar surface area (TPSA) is 56.7 Å². The molecule has 0 amide bonds. The van der Waals surface area contributed by atoms with E-state index in [0.29, 0.717) is 10.8 Å². The standard InChI is InChI=1S/C11H16ClN3O2/c1-14(2)4-5-15(3)10-9(12)6-8(7-13-10)11(16)17/h6-7H,4-5H2,1-3H3,(H,16,17). The maximum atomic E-state index is 10.7. The highest BCUT2D eigenvalue weighted by molar-refractivity contribution is 6.33. The van der Waals surface area contributed by atoms with Crippen molar-refractivity contribution in [2.75, 3.05) is 39.1 Å². The number of hydrogen-bond donors (Lipinski definition) is 1. The number of carbonyl (C=O) groups is 1. The van der Waals surface area contributed by atoms with Gasteiger partial charge in [0.25, 0.3) is 0 Å². The molecule has 0 atom stereocenters. The molecule has 0 fully saturated rings. The third-order valence-electron chi connectivity index (χ3n) is 2.31. The van der Waals surface area contributed by atoms with Gasteiger partial charge in [-0.2, -0.15) is 0 Å². The highest BCUT2D eigenvalue weighted by atomic mass is 35.5. The molecule has 0 saturated carbocycles. The minimum Gasteiger partial charge on any atom is -0.478 e. The van der Waals surface area contributed by atoms with Crippen LogP contribution in [0.1, 0.15) is 10.4 Å². The van der Waals surface area contributed by atoms with Gasteiger partial charge < -0.3 is 14.9 Å². The molecule has 0 unspecified atom stereocenters. The second kappa shape index (κ2) is 5.84. The molecule has 0 aliphatic heterocycles. The highest BCUT2D eigenvalue weighted by Crippen LogP contribution is 2.22. The van der Waals surface area contributed by atoms with E-state index in [1.165, 1.54) is 12.3 Å². The summed E-state index contributed by atoms with van der Waals surface area (Å²) in [6.07, 6.45) is 1.32. The molecule has 1 rings (SSSR count). The van der Waals surface area contributed by atoms with Crippen LogP contribution >= 0.6 is 11.6 Å². The molecule has 1 aromatic heterocycles. The minimum atomic E-state index is -1.03. The first-order valence-electron chi connectivity index (χ1n) is 5.16. The van der Waals surface area contributed by atoms with E-state index in [4.69, 9.17) is 16.7 Å². The molecule has 1 heterocycles. The van der Waals surface area contributed by atoms with E-state index in [9.17, 15) is 4.79 Å². The van der Waals surface area contributed by atoms with Gasteiger partial charge in [-0.3, -0.25) is 0 Å². The molecule has 1 N–H and O–H groups in total. The Bertz CT molecular complexity index is 410. The van der Waals surface area contributed by atoms with Crippen LogP contribution in [0.2, 0.25) is 5.02 Å². The van der Waals surface area contributed by atoms with Gasteiger partial charge in [-0.25, -0.2) is 9.78 Å². The Kier molecular flexibility index (Phi) is 4.72. The number of nitrogens with zero attached hydrogens (tertiary/aromatic N) is 3. The average Bonchev–Trinajstić information content (AvgIpc) is 2.25. The summed E-state index contributed by atoms with van der Waals surface area (Å²) < 4.78 is 0. The number of hydrogen-bond acceptors (Lipinski definition) is 4. The van der Waals surface area contributed by atoms with Crippen molar-refractivity contribution in [1.82, 2.24) is 9.88 Å². The van der Waals surface area contributed by atoms with Gasteiger partial charge in [0.05, 0.1) is 10.6 Å². The van der Waals surface area contributed by atoms with Crippen molar-refractivity contribution in [3.63, 3.8) is 0 Å². The number of halogens is 1. The zero-order chi connectivity index (χ0) is 13.0. The smallest absolute Gasteiger partial charge is 0.337 e. The van der Waals surface area contributed by atoms with E-state index in [-0.39, 0.29) is 5.56 Å². The average molecular weight is 258 g/mol. The lowest BCUT2D eigenvalue weighted by Crippen LogP contribution is -2.29. The van der Waals surface area contributed by atoms with Gasteiger partial charge in [0.2, 0.25) is 0 Å². The van der Waals surface area contributed by atoms with Crippen LogP contribution in [0, 0.1) is 0 Å². The summed E-state index contributed by atoms with van der Waals surface area (Å²) in [7, 11) is 5.84. The van der Waals surface area contributed by atoms with Crippen molar-refractivity contribution in [2.45, 2.75) is 0 Å². The third kappa shape index (κ3) is 3.87. The number of carboxylic acid groups (broad SMARTS) is 1. The Hall–Kier alpha value is -1.33. The monoisotopic (exact) mass is 257 g/mol. The van der Waals surface area contributed by atoms with Crippen LogP contribution in [0.4, 0.5) is 5.82 Å². The summed E-state index contributed by atoms with van der Waals surface area (Å²) in [5.74, 6) is -0.430. The molecule has 6 heteroatoms. The number of rotatable bonds is 5. The van der Waals surface area contributed by atoms with Crippen molar-refractivity contribution in [2.24, 2.45) is 0 Å². The predicted molar refractivity (Wildman–Crippen MR) is 68.0 cm³/mol. The van der Waals surface area contributed by atoms with Crippen molar-refractivity contribution >= 4 is 23.4 Å². The number of anilines is 1. The number of aromatic carboxylic acids is 1. The maximum absolute atomic E-state index is 10.7. The molecule has 0 bridgehead atoms. The Morgan fingerprint density at radius 2 is 2.06 bits per heavy atom. The summed E-state index contributed by atoms with van der Waals surface area (Å²) >= 11 is 6.00. The van der Waals surface area contributed by atoms with E-state index in [2.05, 4.69) is 9.88 Å². The Labute approximate surface area is 106 Å². The molecule has 94 valence electrons. The lowest BCUT2D eigenvalue weighted by molar-refractivity contribution is 0.0696. The molecule has 1 aromatic rings. The minimum absolute atomic E-state index is 0.0970. The molecule has 5 nitrogen and oxygen atoms in total. The molecule has 0 aromatic carbocycles. The number of likely N-dealkylation sites (N-methyl/N-ethyl adjacent to an activating group) is 2.